The molecule has 6 rings (SSSR count). The minimum absolute atomic E-state index is 0.196. The SMILES string of the molecule is COc1nc(N2CCN(C)CC2)ncc1-c1ccc(C[C@H](N)C(=O)N(C(=O)C2CCC(CNC(=O)OC(C)(C)C)CC2)c2ccc(-c3nn[nH]n3)cc2)cc1. The van der Waals surface area contributed by atoms with Gasteiger partial charge in [0.1, 0.15) is 5.60 Å². The Morgan fingerprint density at radius 2 is 1.65 bits per heavy atom. The monoisotopic (exact) mass is 753 g/mol. The zero-order valence-electron chi connectivity index (χ0n) is 32.2. The number of aromatic nitrogens is 6. The van der Waals surface area contributed by atoms with Crippen molar-refractivity contribution in [1.29, 1.82) is 0 Å². The lowest BCUT2D eigenvalue weighted by atomic mass is 9.81. The highest BCUT2D eigenvalue weighted by Crippen LogP contribution is 2.33. The molecule has 55 heavy (non-hydrogen) atoms. The molecule has 1 atom stereocenters. The first-order chi connectivity index (χ1) is 26.4. The van der Waals surface area contributed by atoms with Gasteiger partial charge in [-0.2, -0.15) is 10.2 Å². The molecular weight excluding hydrogens is 703 g/mol. The number of nitrogens with one attached hydrogen (secondary N) is 2. The number of benzene rings is 2. The fraction of sp³-hybridized carbons (Fsp3) is 0.487. The number of hydrogen-bond acceptors (Lipinski definition) is 13. The normalized spacial score (nSPS) is 18.3. The van der Waals surface area contributed by atoms with Crippen molar-refractivity contribution in [2.45, 2.75) is 64.5 Å². The smallest absolute Gasteiger partial charge is 0.407 e. The van der Waals surface area contributed by atoms with Crippen LogP contribution in [0.4, 0.5) is 16.4 Å². The van der Waals surface area contributed by atoms with Crippen LogP contribution in [0.15, 0.2) is 54.7 Å². The Morgan fingerprint density at radius 3 is 2.27 bits per heavy atom. The van der Waals surface area contributed by atoms with Crippen molar-refractivity contribution < 1.29 is 23.9 Å². The molecule has 1 saturated carbocycles. The van der Waals surface area contributed by atoms with Crippen LogP contribution in [0.3, 0.4) is 0 Å². The minimum Gasteiger partial charge on any atom is -0.480 e. The topological polar surface area (TPSA) is 198 Å². The van der Waals surface area contributed by atoms with E-state index in [4.69, 9.17) is 20.2 Å². The molecule has 3 amide bonds. The lowest BCUT2D eigenvalue weighted by Gasteiger charge is -2.32. The van der Waals surface area contributed by atoms with Crippen molar-refractivity contribution in [3.8, 4) is 28.4 Å². The number of piperazine rings is 1. The molecule has 1 aliphatic heterocycles. The average molecular weight is 754 g/mol. The predicted molar refractivity (Wildman–Crippen MR) is 207 cm³/mol. The molecule has 16 nitrogen and oxygen atoms in total. The van der Waals surface area contributed by atoms with Gasteiger partial charge in [0.2, 0.25) is 23.6 Å². The van der Waals surface area contributed by atoms with Crippen molar-refractivity contribution in [1.82, 2.24) is 40.8 Å². The average Bonchev–Trinajstić information content (AvgIpc) is 3.73. The summed E-state index contributed by atoms with van der Waals surface area (Å²) in [5.74, 6) is 0.535. The van der Waals surface area contributed by atoms with E-state index >= 15 is 0 Å². The lowest BCUT2D eigenvalue weighted by molar-refractivity contribution is -0.130. The van der Waals surface area contributed by atoms with Gasteiger partial charge in [0.25, 0.3) is 5.91 Å². The maximum atomic E-state index is 14.2. The van der Waals surface area contributed by atoms with Crippen molar-refractivity contribution in [2.75, 3.05) is 56.7 Å². The van der Waals surface area contributed by atoms with Crippen LogP contribution in [-0.4, -0.2) is 112 Å². The fourth-order valence-corrected chi connectivity index (χ4v) is 6.94. The van der Waals surface area contributed by atoms with Gasteiger partial charge in [-0.05, 0) is 106 Å². The summed E-state index contributed by atoms with van der Waals surface area (Å²) in [6, 6.07) is 13.6. The number of likely N-dealkylation sites (N-methyl/N-ethyl adjacent to an activating group) is 1. The number of nitrogens with two attached hydrogens (primary N) is 1. The summed E-state index contributed by atoms with van der Waals surface area (Å²) in [6.07, 6.45) is 4.12. The first-order valence-corrected chi connectivity index (χ1v) is 18.8. The molecule has 16 heteroatoms. The highest BCUT2D eigenvalue weighted by Gasteiger charge is 2.35. The summed E-state index contributed by atoms with van der Waals surface area (Å²) < 4.78 is 11.0. The van der Waals surface area contributed by atoms with Gasteiger partial charge in [0.15, 0.2) is 0 Å². The van der Waals surface area contributed by atoms with Crippen LogP contribution in [0.5, 0.6) is 5.88 Å². The third-order valence-corrected chi connectivity index (χ3v) is 10.1. The molecule has 1 saturated heterocycles. The second-order valence-corrected chi connectivity index (χ2v) is 15.3. The van der Waals surface area contributed by atoms with Crippen LogP contribution in [0, 0.1) is 11.8 Å². The standard InChI is InChI=1S/C39H51N11O5/c1-39(2,3)55-38(53)42-23-26-8-12-29(13-9-26)35(51)50(30-16-14-28(15-17-30)33-44-46-47-45-33)36(52)32(40)22-25-6-10-27(11-7-25)31-24-41-37(43-34(31)54-5)49-20-18-48(4)19-21-49/h6-7,10-11,14-17,24,26,29,32H,8-9,12-13,18-23,40H2,1-5H3,(H,42,53)(H,44,45,46,47)/t26?,29?,32-/m0/s1. The number of alkyl carbamates (subject to hydrolysis) is 1. The molecule has 4 N–H and O–H groups in total. The number of tetrazole rings is 1. The Labute approximate surface area is 321 Å². The molecular formula is C39H51N11O5. The van der Waals surface area contributed by atoms with Crippen LogP contribution >= 0.6 is 0 Å². The Hall–Kier alpha value is -5.48. The molecule has 0 radical (unpaired) electrons. The molecule has 2 aromatic carbocycles. The highest BCUT2D eigenvalue weighted by atomic mass is 16.6. The Balaban J connectivity index is 1.14. The number of aromatic amines is 1. The summed E-state index contributed by atoms with van der Waals surface area (Å²) in [5, 5.41) is 17.0. The van der Waals surface area contributed by atoms with E-state index in [-0.39, 0.29) is 24.2 Å². The zero-order chi connectivity index (χ0) is 39.1. The van der Waals surface area contributed by atoms with Crippen LogP contribution < -0.4 is 25.6 Å². The maximum Gasteiger partial charge on any atom is 0.407 e. The number of anilines is 2. The van der Waals surface area contributed by atoms with Gasteiger partial charge in [0.05, 0.1) is 24.4 Å². The van der Waals surface area contributed by atoms with Gasteiger partial charge in [-0.15, -0.1) is 10.2 Å². The highest BCUT2D eigenvalue weighted by molar-refractivity contribution is 6.17. The van der Waals surface area contributed by atoms with Crippen LogP contribution in [0.25, 0.3) is 22.5 Å². The van der Waals surface area contributed by atoms with E-state index in [1.54, 1.807) is 37.6 Å². The van der Waals surface area contributed by atoms with Crippen LogP contribution in [0.1, 0.15) is 52.0 Å². The van der Waals surface area contributed by atoms with Crippen molar-refractivity contribution in [2.24, 2.45) is 17.6 Å². The number of nitrogens with zero attached hydrogens (tertiary/aromatic N) is 8. The second-order valence-electron chi connectivity index (χ2n) is 15.3. The largest absolute Gasteiger partial charge is 0.480 e. The molecule has 2 aliphatic rings. The molecule has 2 aromatic heterocycles. The Morgan fingerprint density at radius 1 is 0.982 bits per heavy atom. The number of amides is 3. The summed E-state index contributed by atoms with van der Waals surface area (Å²) in [4.78, 5) is 55.6. The van der Waals surface area contributed by atoms with Crippen LogP contribution in [0.2, 0.25) is 0 Å². The molecule has 0 unspecified atom stereocenters. The van der Waals surface area contributed by atoms with E-state index in [0.717, 1.165) is 55.7 Å². The molecule has 292 valence electrons. The summed E-state index contributed by atoms with van der Waals surface area (Å²) in [6.45, 7) is 9.49. The number of imide groups is 1. The van der Waals surface area contributed by atoms with Crippen LogP contribution in [-0.2, 0) is 20.7 Å². The number of carbonyl (C=O) groups excluding carboxylic acids is 3. The predicted octanol–water partition coefficient (Wildman–Crippen LogP) is 3.84. The molecule has 0 spiro atoms. The number of carbonyl (C=O) groups is 3. The number of ether oxygens (including phenoxy) is 2. The maximum absolute atomic E-state index is 14.2. The van der Waals surface area contributed by atoms with Gasteiger partial charge >= 0.3 is 6.09 Å². The minimum atomic E-state index is -0.998. The number of hydrogen-bond donors (Lipinski definition) is 3. The van der Waals surface area contributed by atoms with E-state index in [9.17, 15) is 14.4 Å². The van der Waals surface area contributed by atoms with E-state index in [2.05, 4.69) is 47.8 Å². The van der Waals surface area contributed by atoms with Gasteiger partial charge in [0, 0.05) is 50.4 Å². The van der Waals surface area contributed by atoms with E-state index in [0.29, 0.717) is 48.3 Å². The molecule has 0 bridgehead atoms. The molecule has 3 heterocycles. The second kappa shape index (κ2) is 17.3. The number of rotatable bonds is 11. The van der Waals surface area contributed by atoms with E-state index in [1.807, 2.05) is 45.0 Å². The first kappa shape index (κ1) is 39.2. The Bertz CT molecular complexity index is 1900. The third kappa shape index (κ3) is 9.99. The van der Waals surface area contributed by atoms with Crippen molar-refractivity contribution in [3.63, 3.8) is 0 Å². The summed E-state index contributed by atoms with van der Waals surface area (Å²) in [7, 11) is 3.70. The quantitative estimate of drug-likeness (QED) is 0.200. The van der Waals surface area contributed by atoms with Gasteiger partial charge in [-0.25, -0.2) is 14.7 Å². The Kier molecular flexibility index (Phi) is 12.4. The zero-order valence-corrected chi connectivity index (χ0v) is 32.2. The summed E-state index contributed by atoms with van der Waals surface area (Å²) >= 11 is 0. The number of methoxy groups -OCH3 is 1. The molecule has 4 aromatic rings. The molecule has 2 fully saturated rings. The first-order valence-electron chi connectivity index (χ1n) is 18.8. The van der Waals surface area contributed by atoms with E-state index in [1.165, 1.54) is 4.90 Å². The van der Waals surface area contributed by atoms with Gasteiger partial charge in [-0.1, -0.05) is 24.3 Å². The van der Waals surface area contributed by atoms with E-state index < -0.39 is 23.6 Å². The van der Waals surface area contributed by atoms with Gasteiger partial charge in [-0.3, -0.25) is 9.59 Å². The number of H-pyrrole nitrogens is 1. The third-order valence-electron chi connectivity index (χ3n) is 10.1. The summed E-state index contributed by atoms with van der Waals surface area (Å²) in [5.41, 5.74) is 9.56. The fourth-order valence-electron chi connectivity index (χ4n) is 6.94. The molecule has 1 aliphatic carbocycles. The van der Waals surface area contributed by atoms with Gasteiger partial charge < -0.3 is 30.3 Å². The lowest BCUT2D eigenvalue weighted by Crippen LogP contribution is -2.50. The van der Waals surface area contributed by atoms with Crippen molar-refractivity contribution in [3.05, 3.63) is 60.3 Å². The van der Waals surface area contributed by atoms with Crippen molar-refractivity contribution >= 4 is 29.5 Å².